The molecule has 0 spiro atoms. The minimum absolute atomic E-state index is 0.249. The number of nitrogens with zero attached hydrogens (tertiary/aromatic N) is 3. The van der Waals surface area contributed by atoms with Crippen molar-refractivity contribution in [2.75, 3.05) is 12.4 Å². The molecular formula is C16H15FN4O2. The van der Waals surface area contributed by atoms with Gasteiger partial charge in [0.1, 0.15) is 5.82 Å². The highest BCUT2D eigenvalue weighted by atomic mass is 19.1. The van der Waals surface area contributed by atoms with E-state index < -0.39 is 0 Å². The lowest BCUT2D eigenvalue weighted by Crippen LogP contribution is -2.02. The van der Waals surface area contributed by atoms with E-state index in [1.54, 1.807) is 31.4 Å². The largest absolute Gasteiger partial charge is 0.481 e. The highest BCUT2D eigenvalue weighted by Gasteiger charge is 2.09. The molecule has 0 bridgehead atoms. The molecule has 23 heavy (non-hydrogen) atoms. The molecule has 0 saturated carbocycles. The molecule has 3 aromatic rings. The van der Waals surface area contributed by atoms with Gasteiger partial charge in [0.2, 0.25) is 11.8 Å². The Morgan fingerprint density at radius 2 is 2.00 bits per heavy atom. The molecule has 0 amide bonds. The molecular weight excluding hydrogens is 299 g/mol. The van der Waals surface area contributed by atoms with E-state index in [0.29, 0.717) is 23.9 Å². The highest BCUT2D eigenvalue weighted by molar-refractivity contribution is 5.24. The first-order valence-corrected chi connectivity index (χ1v) is 7.04. The Morgan fingerprint density at radius 3 is 2.83 bits per heavy atom. The minimum Gasteiger partial charge on any atom is -0.481 e. The Hall–Kier alpha value is -2.96. The predicted molar refractivity (Wildman–Crippen MR) is 81.6 cm³/mol. The normalized spacial score (nSPS) is 10.5. The van der Waals surface area contributed by atoms with Crippen molar-refractivity contribution in [3.8, 4) is 5.88 Å². The number of methoxy groups -OCH3 is 1. The molecule has 0 fully saturated rings. The van der Waals surface area contributed by atoms with Crippen molar-refractivity contribution in [2.24, 2.45) is 0 Å². The van der Waals surface area contributed by atoms with E-state index in [0.717, 1.165) is 5.69 Å². The second-order valence-electron chi connectivity index (χ2n) is 4.79. The zero-order chi connectivity index (χ0) is 16.1. The molecule has 6 nitrogen and oxygen atoms in total. The van der Waals surface area contributed by atoms with Crippen LogP contribution in [-0.4, -0.2) is 22.3 Å². The van der Waals surface area contributed by atoms with Gasteiger partial charge < -0.3 is 14.5 Å². The van der Waals surface area contributed by atoms with Gasteiger partial charge in [0, 0.05) is 6.07 Å². The fourth-order valence-electron chi connectivity index (χ4n) is 2.04. The highest BCUT2D eigenvalue weighted by Crippen LogP contribution is 2.15. The van der Waals surface area contributed by atoms with Crippen LogP contribution in [0.25, 0.3) is 0 Å². The lowest BCUT2D eigenvalue weighted by molar-refractivity contribution is 0.396. The number of benzene rings is 1. The molecule has 0 atom stereocenters. The number of nitrogens with one attached hydrogen (secondary N) is 1. The van der Waals surface area contributed by atoms with Gasteiger partial charge in [-0.3, -0.25) is 0 Å². The Balaban J connectivity index is 1.62. The third-order valence-electron chi connectivity index (χ3n) is 3.18. The van der Waals surface area contributed by atoms with Crippen LogP contribution in [-0.2, 0) is 13.0 Å². The van der Waals surface area contributed by atoms with E-state index in [4.69, 9.17) is 9.15 Å². The first-order chi connectivity index (χ1) is 11.2. The van der Waals surface area contributed by atoms with Crippen LogP contribution in [0.2, 0.25) is 0 Å². The zero-order valence-electron chi connectivity index (χ0n) is 12.5. The minimum atomic E-state index is -0.291. The van der Waals surface area contributed by atoms with Gasteiger partial charge in [0.15, 0.2) is 0 Å². The molecule has 0 radical (unpaired) electrons. The molecule has 0 aliphatic carbocycles. The van der Waals surface area contributed by atoms with E-state index >= 15 is 0 Å². The molecule has 1 N–H and O–H groups in total. The third kappa shape index (κ3) is 3.82. The maximum Gasteiger partial charge on any atom is 0.315 e. The number of aromatic nitrogens is 3. The first-order valence-electron chi connectivity index (χ1n) is 7.04. The zero-order valence-corrected chi connectivity index (χ0v) is 12.5. The summed E-state index contributed by atoms with van der Waals surface area (Å²) in [6, 6.07) is 12.2. The summed E-state index contributed by atoms with van der Waals surface area (Å²) in [4.78, 5) is 4.27. The maximum absolute atomic E-state index is 13.6. The number of hydrogen-bond donors (Lipinski definition) is 1. The summed E-state index contributed by atoms with van der Waals surface area (Å²) in [6.07, 6.45) is 0.249. The van der Waals surface area contributed by atoms with Gasteiger partial charge in [-0.2, -0.15) is 0 Å². The van der Waals surface area contributed by atoms with Gasteiger partial charge in [0.25, 0.3) is 0 Å². The Bertz CT molecular complexity index is 791. The Kier molecular flexibility index (Phi) is 4.46. The van der Waals surface area contributed by atoms with E-state index in [1.807, 2.05) is 12.1 Å². The molecule has 2 heterocycles. The van der Waals surface area contributed by atoms with Crippen LogP contribution in [0, 0.1) is 5.82 Å². The smallest absolute Gasteiger partial charge is 0.315 e. The van der Waals surface area contributed by atoms with Crippen molar-refractivity contribution in [1.82, 2.24) is 15.2 Å². The molecule has 0 aliphatic heterocycles. The molecule has 7 heteroatoms. The molecule has 0 unspecified atom stereocenters. The quantitative estimate of drug-likeness (QED) is 0.754. The van der Waals surface area contributed by atoms with Crippen LogP contribution in [0.1, 0.15) is 17.1 Å². The van der Waals surface area contributed by atoms with Gasteiger partial charge in [-0.05, 0) is 17.7 Å². The summed E-state index contributed by atoms with van der Waals surface area (Å²) < 4.78 is 24.1. The second kappa shape index (κ2) is 6.87. The fraction of sp³-hybridized carbons (Fsp3) is 0.188. The van der Waals surface area contributed by atoms with Crippen LogP contribution in [0.5, 0.6) is 5.88 Å². The van der Waals surface area contributed by atoms with Gasteiger partial charge in [-0.25, -0.2) is 9.37 Å². The van der Waals surface area contributed by atoms with E-state index in [2.05, 4.69) is 20.5 Å². The van der Waals surface area contributed by atoms with Gasteiger partial charge in [0.05, 0.1) is 25.8 Å². The lowest BCUT2D eigenvalue weighted by atomic mass is 10.1. The summed E-state index contributed by atoms with van der Waals surface area (Å²) in [5.41, 5.74) is 1.29. The standard InChI is InChI=1S/C16H15FN4O2/c1-22-14-8-4-6-12(19-14)10-18-16-21-20-15(23-16)9-11-5-2-3-7-13(11)17/h2-8H,9-10H2,1H3,(H,18,21). The monoisotopic (exact) mass is 314 g/mol. The first kappa shape index (κ1) is 15.0. The summed E-state index contributed by atoms with van der Waals surface area (Å²) in [7, 11) is 1.56. The summed E-state index contributed by atoms with van der Waals surface area (Å²) >= 11 is 0. The van der Waals surface area contributed by atoms with Crippen LogP contribution in [0.15, 0.2) is 46.9 Å². The van der Waals surface area contributed by atoms with Crippen molar-refractivity contribution < 1.29 is 13.5 Å². The molecule has 3 rings (SSSR count). The van der Waals surface area contributed by atoms with E-state index in [9.17, 15) is 4.39 Å². The van der Waals surface area contributed by atoms with Crippen molar-refractivity contribution in [3.63, 3.8) is 0 Å². The predicted octanol–water partition coefficient (Wildman–Crippen LogP) is 2.82. The Labute approximate surface area is 132 Å². The number of hydrogen-bond acceptors (Lipinski definition) is 6. The maximum atomic E-state index is 13.6. The van der Waals surface area contributed by atoms with Crippen LogP contribution in [0.4, 0.5) is 10.4 Å². The van der Waals surface area contributed by atoms with E-state index in [1.165, 1.54) is 6.07 Å². The van der Waals surface area contributed by atoms with Crippen molar-refractivity contribution in [2.45, 2.75) is 13.0 Å². The van der Waals surface area contributed by atoms with Crippen molar-refractivity contribution in [1.29, 1.82) is 0 Å². The van der Waals surface area contributed by atoms with Gasteiger partial charge in [-0.15, -0.1) is 5.10 Å². The number of pyridine rings is 1. The van der Waals surface area contributed by atoms with Gasteiger partial charge in [-0.1, -0.05) is 29.4 Å². The average Bonchev–Trinajstić information content (AvgIpc) is 3.03. The second-order valence-corrected chi connectivity index (χ2v) is 4.79. The number of anilines is 1. The molecule has 2 aromatic heterocycles. The third-order valence-corrected chi connectivity index (χ3v) is 3.18. The summed E-state index contributed by atoms with van der Waals surface area (Å²) in [5, 5.41) is 10.8. The molecule has 0 saturated heterocycles. The molecule has 1 aromatic carbocycles. The van der Waals surface area contributed by atoms with Crippen LogP contribution >= 0.6 is 0 Å². The summed E-state index contributed by atoms with van der Waals surface area (Å²) in [6.45, 7) is 0.415. The van der Waals surface area contributed by atoms with Crippen molar-refractivity contribution >= 4 is 6.01 Å². The number of ether oxygens (including phenoxy) is 1. The van der Waals surface area contributed by atoms with Crippen molar-refractivity contribution in [3.05, 3.63) is 65.4 Å². The Morgan fingerprint density at radius 1 is 1.13 bits per heavy atom. The fourth-order valence-corrected chi connectivity index (χ4v) is 2.04. The van der Waals surface area contributed by atoms with E-state index in [-0.39, 0.29) is 18.3 Å². The lowest BCUT2D eigenvalue weighted by Gasteiger charge is -2.03. The SMILES string of the molecule is COc1cccc(CNc2nnc(Cc3ccccc3F)o2)n1. The van der Waals surface area contributed by atoms with Crippen LogP contribution in [0.3, 0.4) is 0 Å². The topological polar surface area (TPSA) is 73.1 Å². The number of halogens is 1. The average molecular weight is 314 g/mol. The molecule has 118 valence electrons. The summed E-state index contributed by atoms with van der Waals surface area (Å²) in [5.74, 6) is 0.590. The van der Waals surface area contributed by atoms with Gasteiger partial charge >= 0.3 is 6.01 Å². The van der Waals surface area contributed by atoms with Crippen LogP contribution < -0.4 is 10.1 Å². The molecule has 0 aliphatic rings. The number of rotatable bonds is 6.